The van der Waals surface area contributed by atoms with Crippen molar-refractivity contribution in [1.82, 2.24) is 14.9 Å². The molecule has 1 fully saturated rings. The zero-order chi connectivity index (χ0) is 19.8. The van der Waals surface area contributed by atoms with Crippen LogP contribution in [0.15, 0.2) is 42.5 Å². The molecule has 144 valence electrons. The predicted molar refractivity (Wildman–Crippen MR) is 99.4 cm³/mol. The first-order valence-electron chi connectivity index (χ1n) is 8.89. The molecule has 1 aromatic heterocycles. The monoisotopic (exact) mass is 384 g/mol. The average Bonchev–Trinajstić information content (AvgIpc) is 3.19. The van der Waals surface area contributed by atoms with Gasteiger partial charge in [-0.3, -0.25) is 9.59 Å². The van der Waals surface area contributed by atoms with E-state index in [1.54, 1.807) is 0 Å². The number of imidazole rings is 1. The smallest absolute Gasteiger partial charge is 0.239 e. The fourth-order valence-electron chi connectivity index (χ4n) is 3.52. The number of aromatic nitrogens is 2. The van der Waals surface area contributed by atoms with Crippen molar-refractivity contribution in [2.24, 2.45) is 13.0 Å². The highest BCUT2D eigenvalue weighted by atomic mass is 19.1. The van der Waals surface area contributed by atoms with E-state index in [-0.39, 0.29) is 25.2 Å². The maximum atomic E-state index is 13.4. The van der Waals surface area contributed by atoms with Crippen molar-refractivity contribution in [2.75, 3.05) is 11.4 Å². The molecule has 0 saturated carbocycles. The number of carbonyl (C=O) groups excluding carboxylic acids is 2. The molecule has 0 aliphatic carbocycles. The van der Waals surface area contributed by atoms with Gasteiger partial charge in [-0.25, -0.2) is 13.8 Å². The van der Waals surface area contributed by atoms with E-state index in [9.17, 15) is 18.4 Å². The van der Waals surface area contributed by atoms with Gasteiger partial charge in [0.05, 0.1) is 17.6 Å². The molecule has 0 radical (unpaired) electrons. The Bertz CT molecular complexity index is 1060. The van der Waals surface area contributed by atoms with Crippen LogP contribution in [0.3, 0.4) is 0 Å². The molecule has 28 heavy (non-hydrogen) atoms. The van der Waals surface area contributed by atoms with Crippen molar-refractivity contribution < 1.29 is 18.4 Å². The molecule has 0 spiro atoms. The molecule has 1 atom stereocenters. The van der Waals surface area contributed by atoms with Crippen molar-refractivity contribution in [3.63, 3.8) is 0 Å². The average molecular weight is 384 g/mol. The van der Waals surface area contributed by atoms with Crippen molar-refractivity contribution in [2.45, 2.75) is 13.0 Å². The third-order valence-corrected chi connectivity index (χ3v) is 4.98. The first-order valence-corrected chi connectivity index (χ1v) is 8.89. The standard InChI is InChI=1S/C20H18F2N4O2/c1-25-17-5-3-2-4-16(17)24-18(25)11-23-19(27)15-6-7-26(20(15)28)14-9-12(21)8-13(22)10-14/h2-5,8-10,15H,6-7,11H2,1H3,(H,23,27). The van der Waals surface area contributed by atoms with Crippen molar-refractivity contribution >= 4 is 28.5 Å². The molecule has 3 aromatic rings. The van der Waals surface area contributed by atoms with Crippen molar-refractivity contribution in [3.8, 4) is 0 Å². The minimum atomic E-state index is -0.888. The molecule has 1 aliphatic rings. The molecule has 4 rings (SSSR count). The lowest BCUT2D eigenvalue weighted by atomic mass is 10.1. The second-order valence-corrected chi connectivity index (χ2v) is 6.75. The Morgan fingerprint density at radius 2 is 1.93 bits per heavy atom. The number of anilines is 1. The number of hydrogen-bond acceptors (Lipinski definition) is 3. The van der Waals surface area contributed by atoms with Gasteiger partial charge in [0.1, 0.15) is 23.4 Å². The Kier molecular flexibility index (Phi) is 4.54. The Balaban J connectivity index is 1.45. The third kappa shape index (κ3) is 3.21. The van der Waals surface area contributed by atoms with Gasteiger partial charge < -0.3 is 14.8 Å². The summed E-state index contributed by atoms with van der Waals surface area (Å²) >= 11 is 0. The maximum Gasteiger partial charge on any atom is 0.239 e. The predicted octanol–water partition coefficient (Wildman–Crippen LogP) is 2.52. The van der Waals surface area contributed by atoms with Gasteiger partial charge in [-0.1, -0.05) is 12.1 Å². The highest BCUT2D eigenvalue weighted by Gasteiger charge is 2.37. The van der Waals surface area contributed by atoms with E-state index in [2.05, 4.69) is 10.3 Å². The van der Waals surface area contributed by atoms with Crippen LogP contribution in [-0.4, -0.2) is 27.9 Å². The number of nitrogens with one attached hydrogen (secondary N) is 1. The molecular weight excluding hydrogens is 366 g/mol. The third-order valence-electron chi connectivity index (χ3n) is 4.98. The summed E-state index contributed by atoms with van der Waals surface area (Å²) in [5.41, 5.74) is 1.89. The number of carbonyl (C=O) groups is 2. The summed E-state index contributed by atoms with van der Waals surface area (Å²) in [6.45, 7) is 0.411. The van der Waals surface area contributed by atoms with Crippen LogP contribution in [0.2, 0.25) is 0 Å². The van der Waals surface area contributed by atoms with Crippen LogP contribution >= 0.6 is 0 Å². The molecule has 2 heterocycles. The van der Waals surface area contributed by atoms with E-state index < -0.39 is 29.4 Å². The lowest BCUT2D eigenvalue weighted by Gasteiger charge is -2.17. The molecule has 2 amide bonds. The summed E-state index contributed by atoms with van der Waals surface area (Å²) in [5.74, 6) is -2.64. The van der Waals surface area contributed by atoms with Gasteiger partial charge in [-0.15, -0.1) is 0 Å². The Morgan fingerprint density at radius 1 is 1.21 bits per heavy atom. The summed E-state index contributed by atoms with van der Waals surface area (Å²) in [5, 5.41) is 2.75. The number of hydrogen-bond donors (Lipinski definition) is 1. The molecule has 8 heteroatoms. The Hall–Kier alpha value is -3.29. The number of fused-ring (bicyclic) bond motifs is 1. The topological polar surface area (TPSA) is 67.2 Å². The zero-order valence-electron chi connectivity index (χ0n) is 15.2. The Labute approximate surface area is 159 Å². The highest BCUT2D eigenvalue weighted by molar-refractivity contribution is 6.09. The fourth-order valence-corrected chi connectivity index (χ4v) is 3.52. The summed E-state index contributed by atoms with van der Waals surface area (Å²) in [4.78, 5) is 30.8. The number of rotatable bonds is 4. The minimum Gasteiger partial charge on any atom is -0.348 e. The molecule has 1 saturated heterocycles. The number of halogens is 2. The van der Waals surface area contributed by atoms with Crippen LogP contribution in [0, 0.1) is 17.6 Å². The van der Waals surface area contributed by atoms with Crippen molar-refractivity contribution in [1.29, 1.82) is 0 Å². The van der Waals surface area contributed by atoms with E-state index in [1.807, 2.05) is 35.9 Å². The van der Waals surface area contributed by atoms with E-state index >= 15 is 0 Å². The fraction of sp³-hybridized carbons (Fsp3) is 0.250. The van der Waals surface area contributed by atoms with E-state index in [0.717, 1.165) is 29.2 Å². The van der Waals surface area contributed by atoms with E-state index in [0.29, 0.717) is 5.82 Å². The van der Waals surface area contributed by atoms with Gasteiger partial charge in [0.2, 0.25) is 11.8 Å². The first-order chi connectivity index (χ1) is 13.4. The molecule has 1 unspecified atom stereocenters. The summed E-state index contributed by atoms with van der Waals surface area (Å²) in [6, 6.07) is 10.5. The van der Waals surface area contributed by atoms with Gasteiger partial charge in [0.25, 0.3) is 0 Å². The summed E-state index contributed by atoms with van der Waals surface area (Å²) < 4.78 is 28.7. The Morgan fingerprint density at radius 3 is 2.64 bits per heavy atom. The quantitative estimate of drug-likeness (QED) is 0.703. The summed E-state index contributed by atoms with van der Waals surface area (Å²) in [6.07, 6.45) is 0.283. The molecule has 1 aliphatic heterocycles. The number of para-hydroxylation sites is 2. The molecule has 1 N–H and O–H groups in total. The normalized spacial score (nSPS) is 16.8. The summed E-state index contributed by atoms with van der Waals surface area (Å²) in [7, 11) is 1.86. The van der Waals surface area contributed by atoms with E-state index in [1.165, 1.54) is 4.90 Å². The van der Waals surface area contributed by atoms with Gasteiger partial charge >= 0.3 is 0 Å². The van der Waals surface area contributed by atoms with Crippen LogP contribution in [0.1, 0.15) is 12.2 Å². The van der Waals surface area contributed by atoms with Crippen LogP contribution in [0.25, 0.3) is 11.0 Å². The van der Waals surface area contributed by atoms with Gasteiger partial charge in [-0.2, -0.15) is 0 Å². The minimum absolute atomic E-state index is 0.119. The van der Waals surface area contributed by atoms with E-state index in [4.69, 9.17) is 0 Å². The maximum absolute atomic E-state index is 13.4. The zero-order valence-corrected chi connectivity index (χ0v) is 15.2. The SMILES string of the molecule is Cn1c(CNC(=O)C2CCN(c3cc(F)cc(F)c3)C2=O)nc2ccccc21. The number of benzene rings is 2. The highest BCUT2D eigenvalue weighted by Crippen LogP contribution is 2.27. The second kappa shape index (κ2) is 7.03. The van der Waals surface area contributed by atoms with Crippen LogP contribution < -0.4 is 10.2 Å². The van der Waals surface area contributed by atoms with Gasteiger partial charge in [0.15, 0.2) is 0 Å². The number of aryl methyl sites for hydroxylation is 1. The van der Waals surface area contributed by atoms with Crippen molar-refractivity contribution in [3.05, 3.63) is 59.9 Å². The van der Waals surface area contributed by atoms with Crippen LogP contribution in [0.4, 0.5) is 14.5 Å². The second-order valence-electron chi connectivity index (χ2n) is 6.75. The number of nitrogens with zero attached hydrogens (tertiary/aromatic N) is 3. The van der Waals surface area contributed by atoms with Gasteiger partial charge in [-0.05, 0) is 30.7 Å². The van der Waals surface area contributed by atoms with Crippen LogP contribution in [0.5, 0.6) is 0 Å². The number of amides is 2. The lowest BCUT2D eigenvalue weighted by molar-refractivity contribution is -0.132. The molecular formula is C20H18F2N4O2. The molecule has 6 nitrogen and oxygen atoms in total. The molecule has 0 bridgehead atoms. The van der Waals surface area contributed by atoms with Crippen LogP contribution in [-0.2, 0) is 23.2 Å². The van der Waals surface area contributed by atoms with Gasteiger partial charge in [0, 0.05) is 25.3 Å². The largest absolute Gasteiger partial charge is 0.348 e. The first kappa shape index (κ1) is 18.1. The lowest BCUT2D eigenvalue weighted by Crippen LogP contribution is -2.37. The molecule has 2 aromatic carbocycles.